The Kier molecular flexibility index (Phi) is 13.6. The van der Waals surface area contributed by atoms with Gasteiger partial charge in [0, 0.05) is 6.42 Å². The maximum Gasteiger partial charge on any atom is 0.323 e. The van der Waals surface area contributed by atoms with Crippen LogP contribution in [0, 0.1) is 15.9 Å². The summed E-state index contributed by atoms with van der Waals surface area (Å²) in [6, 6.07) is 6.75. The molecule has 32 heavy (non-hydrogen) atoms. The van der Waals surface area contributed by atoms with Crippen molar-refractivity contribution in [2.75, 3.05) is 13.2 Å². The van der Waals surface area contributed by atoms with E-state index in [-0.39, 0.29) is 26.1 Å². The summed E-state index contributed by atoms with van der Waals surface area (Å²) in [5, 5.41) is 3.03. The predicted molar refractivity (Wildman–Crippen MR) is 127 cm³/mol. The van der Waals surface area contributed by atoms with Gasteiger partial charge >= 0.3 is 11.9 Å². The minimum Gasteiger partial charge on any atom is -0.465 e. The highest BCUT2D eigenvalue weighted by Gasteiger charge is 2.47. The first-order chi connectivity index (χ1) is 15.5. The Morgan fingerprint density at radius 2 is 1.47 bits per heavy atom. The zero-order valence-corrected chi connectivity index (χ0v) is 20.5. The van der Waals surface area contributed by atoms with Crippen LogP contribution in [0.15, 0.2) is 18.2 Å². The van der Waals surface area contributed by atoms with Crippen LogP contribution in [0.4, 0.5) is 0 Å². The molecule has 0 saturated carbocycles. The van der Waals surface area contributed by atoms with Gasteiger partial charge in [0.05, 0.1) is 13.2 Å². The molecule has 180 valence electrons. The van der Waals surface area contributed by atoms with Crippen LogP contribution in [0.5, 0.6) is 0 Å². The van der Waals surface area contributed by atoms with Gasteiger partial charge in [0.1, 0.15) is 6.29 Å². The van der Waals surface area contributed by atoms with Crippen LogP contribution in [0.1, 0.15) is 97.5 Å². The van der Waals surface area contributed by atoms with E-state index in [1.54, 1.807) is 24.6 Å². The Morgan fingerprint density at radius 1 is 0.844 bits per heavy atom. The second-order valence-electron chi connectivity index (χ2n) is 8.37. The van der Waals surface area contributed by atoms with Crippen LogP contribution in [-0.2, 0) is 30.3 Å². The van der Waals surface area contributed by atoms with Gasteiger partial charge in [0.15, 0.2) is 5.41 Å². The maximum atomic E-state index is 12.3. The van der Waals surface area contributed by atoms with E-state index in [1.807, 2.05) is 0 Å². The molecule has 0 saturated heterocycles. The Morgan fingerprint density at radius 3 is 1.91 bits per heavy atom. The average Bonchev–Trinajstić information content (AvgIpc) is 2.77. The fourth-order valence-corrected chi connectivity index (χ4v) is 3.96. The summed E-state index contributed by atoms with van der Waals surface area (Å²) in [4.78, 5) is 35.3. The van der Waals surface area contributed by atoms with Crippen molar-refractivity contribution in [2.45, 2.75) is 98.3 Å². The zero-order chi connectivity index (χ0) is 23.8. The van der Waals surface area contributed by atoms with E-state index in [0.717, 1.165) is 32.0 Å². The summed E-state index contributed by atoms with van der Waals surface area (Å²) < 4.78 is 10.1. The summed E-state index contributed by atoms with van der Waals surface area (Å²) in [5.74, 6) is -1.14. The zero-order valence-electron chi connectivity index (χ0n) is 20.5. The van der Waals surface area contributed by atoms with Gasteiger partial charge in [-0.3, -0.25) is 9.59 Å². The van der Waals surface area contributed by atoms with E-state index in [2.05, 4.69) is 32.0 Å². The third-order valence-corrected chi connectivity index (χ3v) is 5.94. The lowest BCUT2D eigenvalue weighted by Gasteiger charge is -2.28. The second kappa shape index (κ2) is 15.6. The molecule has 0 aromatic heterocycles. The molecule has 0 fully saturated rings. The average molecular weight is 447 g/mol. The summed E-state index contributed by atoms with van der Waals surface area (Å²) in [5.41, 5.74) is 0.261. The van der Waals surface area contributed by atoms with Gasteiger partial charge in [-0.2, -0.15) is 0 Å². The van der Waals surface area contributed by atoms with E-state index < -0.39 is 17.4 Å². The molecule has 0 heterocycles. The highest BCUT2D eigenvalue weighted by atomic mass is 16.6. The number of aryl methyl sites for hydroxylation is 1. The van der Waals surface area contributed by atoms with Gasteiger partial charge in [-0.15, -0.1) is 0 Å². The third kappa shape index (κ3) is 8.07. The molecule has 2 aliphatic rings. The number of rotatable bonds is 16. The molecule has 0 bridgehead atoms. The topological polar surface area (TPSA) is 69.7 Å². The highest BCUT2D eigenvalue weighted by molar-refractivity contribution is 6.00. The minimum absolute atomic E-state index is 0.144. The van der Waals surface area contributed by atoms with Gasteiger partial charge in [-0.25, -0.2) is 0 Å². The largest absolute Gasteiger partial charge is 0.465 e. The normalized spacial score (nSPS) is 11.2. The van der Waals surface area contributed by atoms with Crippen molar-refractivity contribution < 1.29 is 23.9 Å². The molecule has 0 aliphatic heterocycles. The van der Waals surface area contributed by atoms with Crippen LogP contribution in [0.3, 0.4) is 0 Å². The van der Waals surface area contributed by atoms with Crippen molar-refractivity contribution in [3.63, 3.8) is 0 Å². The molecule has 0 atom stereocenters. The lowest BCUT2D eigenvalue weighted by Crippen LogP contribution is -2.42. The van der Waals surface area contributed by atoms with Crippen LogP contribution < -0.4 is 0 Å². The van der Waals surface area contributed by atoms with Gasteiger partial charge in [-0.1, -0.05) is 70.6 Å². The number of hydrogen-bond acceptors (Lipinski definition) is 5. The van der Waals surface area contributed by atoms with Crippen molar-refractivity contribution in [3.8, 4) is 0 Å². The van der Waals surface area contributed by atoms with Gasteiger partial charge in [0.25, 0.3) is 0 Å². The van der Waals surface area contributed by atoms with E-state index >= 15 is 0 Å². The van der Waals surface area contributed by atoms with Gasteiger partial charge in [0.2, 0.25) is 0 Å². The van der Waals surface area contributed by atoms with Crippen molar-refractivity contribution in [1.82, 2.24) is 0 Å². The molecule has 0 aromatic rings. The minimum atomic E-state index is -1.33. The first-order valence-corrected chi connectivity index (χ1v) is 12.4. The Balaban J connectivity index is 0.000000382. The Hall–Kier alpha value is -2.17. The Bertz CT molecular complexity index is 781. The molecule has 5 heteroatoms. The van der Waals surface area contributed by atoms with E-state index in [9.17, 15) is 14.4 Å². The van der Waals surface area contributed by atoms with Crippen LogP contribution in [0.2, 0.25) is 0 Å². The molecule has 0 aromatic carbocycles. The maximum absolute atomic E-state index is 12.3. The molecular weight excluding hydrogens is 404 g/mol. The molecule has 0 N–H and O–H groups in total. The van der Waals surface area contributed by atoms with Crippen molar-refractivity contribution in [2.24, 2.45) is 5.41 Å². The van der Waals surface area contributed by atoms with Crippen LogP contribution >= 0.6 is 0 Å². The first kappa shape index (κ1) is 27.9. The van der Waals surface area contributed by atoms with Gasteiger partial charge in [-0.05, 0) is 55.5 Å². The molecule has 0 amide bonds. The van der Waals surface area contributed by atoms with E-state index in [1.165, 1.54) is 30.9 Å². The highest BCUT2D eigenvalue weighted by Crippen LogP contribution is 2.34. The molecule has 0 unspecified atom stereocenters. The number of esters is 2. The number of benzene rings is 1. The van der Waals surface area contributed by atoms with Crippen LogP contribution in [0.25, 0.3) is 0 Å². The molecular formula is C27H42O5. The Labute approximate surface area is 193 Å². The summed E-state index contributed by atoms with van der Waals surface area (Å²) in [6.45, 7) is 8.15. The number of carbonyl (C=O) groups excluding carboxylic acids is 3. The predicted octanol–water partition coefficient (Wildman–Crippen LogP) is 6.07. The second-order valence-corrected chi connectivity index (χ2v) is 8.37. The third-order valence-electron chi connectivity index (χ3n) is 5.94. The van der Waals surface area contributed by atoms with Crippen LogP contribution in [-0.4, -0.2) is 31.4 Å². The number of aldehydes is 1. The quantitative estimate of drug-likeness (QED) is 0.135. The first-order valence-electron chi connectivity index (χ1n) is 12.4. The monoisotopic (exact) mass is 446 g/mol. The molecule has 0 spiro atoms. The molecule has 0 radical (unpaired) electrons. The summed E-state index contributed by atoms with van der Waals surface area (Å²) in [7, 11) is 0. The van der Waals surface area contributed by atoms with Gasteiger partial charge < -0.3 is 14.3 Å². The number of unbranched alkanes of at least 4 members (excludes halogenated alkanes) is 5. The number of carbonyl (C=O) groups is 3. The fraction of sp³-hybridized carbons (Fsp3) is 0.667. The fourth-order valence-electron chi connectivity index (χ4n) is 3.96. The van der Waals surface area contributed by atoms with Crippen molar-refractivity contribution in [3.05, 3.63) is 34.2 Å². The number of ether oxygens (including phenoxy) is 2. The van der Waals surface area contributed by atoms with E-state index in [4.69, 9.17) is 9.47 Å². The van der Waals surface area contributed by atoms with E-state index in [0.29, 0.717) is 6.42 Å². The lowest BCUT2D eigenvalue weighted by molar-refractivity contribution is -0.173. The summed E-state index contributed by atoms with van der Waals surface area (Å²) >= 11 is 0. The lowest BCUT2D eigenvalue weighted by atomic mass is 9.78. The molecule has 2 rings (SSSR count). The molecule has 5 nitrogen and oxygen atoms in total. The van der Waals surface area contributed by atoms with Crippen molar-refractivity contribution >= 4 is 18.2 Å². The SMILES string of the molecule is CCCCCCC(CCC=O)(C(=O)OCC)C(=O)OCC.CCCCCc1cc2ccc1=2. The molecule has 2 aliphatic carbocycles. The van der Waals surface area contributed by atoms with Crippen molar-refractivity contribution in [1.29, 1.82) is 0 Å². The standard InChI is InChI=1S/C16H28O5.C11H14/c1-4-7-8-9-11-16(12-10-13-17,14(18)20-5-2)15(19)21-6-3;1-2-3-4-5-9-8-10-6-7-11(9)10/h13H,4-12H2,1-3H3;6-8H,2-5H2,1H3. The summed E-state index contributed by atoms with van der Waals surface area (Å²) in [6.07, 6.45) is 10.6. The smallest absolute Gasteiger partial charge is 0.323 e. The number of hydrogen-bond donors (Lipinski definition) is 0.